The number of aromatic nitrogens is 2. The van der Waals surface area contributed by atoms with Gasteiger partial charge in [0.1, 0.15) is 0 Å². The number of hydrogen-bond acceptors (Lipinski definition) is 4. The molecule has 1 aliphatic rings. The molecule has 0 saturated carbocycles. The van der Waals surface area contributed by atoms with Gasteiger partial charge in [0.2, 0.25) is 0 Å². The highest BCUT2D eigenvalue weighted by Gasteiger charge is 2.32. The molecule has 1 N–H and O–H groups in total. The summed E-state index contributed by atoms with van der Waals surface area (Å²) in [5, 5.41) is 7.45. The fourth-order valence-corrected chi connectivity index (χ4v) is 2.39. The first-order valence-electron chi connectivity index (χ1n) is 6.67. The maximum Gasteiger partial charge on any atom is 0.261 e. The lowest BCUT2D eigenvalue weighted by molar-refractivity contribution is 0.0693. The van der Waals surface area contributed by atoms with Crippen molar-refractivity contribution < 1.29 is 9.59 Å². The predicted octanol–water partition coefficient (Wildman–Crippen LogP) is 1.57. The van der Waals surface area contributed by atoms with E-state index in [-0.39, 0.29) is 11.8 Å². The lowest BCUT2D eigenvalue weighted by atomic mass is 10.1. The van der Waals surface area contributed by atoms with Gasteiger partial charge in [-0.1, -0.05) is 0 Å². The van der Waals surface area contributed by atoms with Gasteiger partial charge in [0.15, 0.2) is 0 Å². The summed E-state index contributed by atoms with van der Waals surface area (Å²) in [5.74, 6) is -0.499. The zero-order chi connectivity index (χ0) is 15.1. The van der Waals surface area contributed by atoms with E-state index in [4.69, 9.17) is 0 Å². The number of hydrogen-bond donors (Lipinski definition) is 1. The van der Waals surface area contributed by atoms with Crippen molar-refractivity contribution in [3.63, 3.8) is 0 Å². The molecule has 0 radical (unpaired) electrons. The third-order valence-corrected chi connectivity index (χ3v) is 3.91. The predicted molar refractivity (Wildman–Crippen MR) is 78.1 cm³/mol. The molecule has 0 fully saturated rings. The molecule has 2 heterocycles. The second-order valence-corrected chi connectivity index (χ2v) is 5.16. The van der Waals surface area contributed by atoms with Crippen LogP contribution in [-0.2, 0) is 13.6 Å². The Morgan fingerprint density at radius 2 is 1.86 bits per heavy atom. The Kier molecular flexibility index (Phi) is 3.01. The van der Waals surface area contributed by atoms with Crippen LogP contribution in [0.1, 0.15) is 32.0 Å². The molecule has 0 unspecified atom stereocenters. The van der Waals surface area contributed by atoms with Crippen LogP contribution in [0.25, 0.3) is 0 Å². The number of aryl methyl sites for hydroxylation is 1. The summed E-state index contributed by atoms with van der Waals surface area (Å²) in [7, 11) is 3.39. The quantitative estimate of drug-likeness (QED) is 0.869. The van der Waals surface area contributed by atoms with Crippen molar-refractivity contribution in [3.8, 4) is 0 Å². The van der Waals surface area contributed by atoms with Crippen molar-refractivity contribution in [1.82, 2.24) is 14.7 Å². The molecule has 1 aromatic heterocycles. The topological polar surface area (TPSA) is 67.2 Å². The van der Waals surface area contributed by atoms with Gasteiger partial charge >= 0.3 is 0 Å². The normalized spacial score (nSPS) is 13.8. The summed E-state index contributed by atoms with van der Waals surface area (Å²) < 4.78 is 1.82. The maximum atomic E-state index is 12.0. The molecule has 2 aromatic rings. The first-order chi connectivity index (χ1) is 9.99. The van der Waals surface area contributed by atoms with E-state index >= 15 is 0 Å². The minimum Gasteiger partial charge on any atom is -0.381 e. The van der Waals surface area contributed by atoms with Gasteiger partial charge in [-0.2, -0.15) is 5.10 Å². The van der Waals surface area contributed by atoms with Gasteiger partial charge in [0.25, 0.3) is 11.8 Å². The SMILES string of the molecule is Cc1c(CNc2ccc3c(c2)C(=O)N(C)C3=O)cnn1C. The lowest BCUT2D eigenvalue weighted by Crippen LogP contribution is -2.24. The van der Waals surface area contributed by atoms with Crippen LogP contribution in [0.3, 0.4) is 0 Å². The zero-order valence-corrected chi connectivity index (χ0v) is 12.2. The number of carbonyl (C=O) groups excluding carboxylic acids is 2. The van der Waals surface area contributed by atoms with Gasteiger partial charge in [0.05, 0.1) is 17.3 Å². The number of imide groups is 1. The van der Waals surface area contributed by atoms with E-state index in [0.29, 0.717) is 17.7 Å². The van der Waals surface area contributed by atoms with Crippen LogP contribution >= 0.6 is 0 Å². The van der Waals surface area contributed by atoms with Crippen LogP contribution in [0.5, 0.6) is 0 Å². The summed E-state index contributed by atoms with van der Waals surface area (Å²) in [6, 6.07) is 5.23. The van der Waals surface area contributed by atoms with Gasteiger partial charge in [-0.3, -0.25) is 19.2 Å². The molecule has 6 heteroatoms. The van der Waals surface area contributed by atoms with Crippen LogP contribution in [0.2, 0.25) is 0 Å². The first kappa shape index (κ1) is 13.4. The van der Waals surface area contributed by atoms with E-state index in [1.807, 2.05) is 30.9 Å². The summed E-state index contributed by atoms with van der Waals surface area (Å²) in [4.78, 5) is 24.9. The van der Waals surface area contributed by atoms with Crippen LogP contribution in [0.15, 0.2) is 24.4 Å². The smallest absolute Gasteiger partial charge is 0.261 e. The number of carbonyl (C=O) groups is 2. The molecule has 1 aliphatic heterocycles. The second-order valence-electron chi connectivity index (χ2n) is 5.16. The van der Waals surface area contributed by atoms with E-state index in [1.165, 1.54) is 7.05 Å². The van der Waals surface area contributed by atoms with E-state index < -0.39 is 0 Å². The number of benzene rings is 1. The molecule has 108 valence electrons. The minimum absolute atomic E-state index is 0.246. The number of amides is 2. The third kappa shape index (κ3) is 2.08. The van der Waals surface area contributed by atoms with Crippen molar-refractivity contribution in [3.05, 3.63) is 46.8 Å². The van der Waals surface area contributed by atoms with Crippen molar-refractivity contribution in [2.45, 2.75) is 13.5 Å². The van der Waals surface area contributed by atoms with Gasteiger partial charge in [-0.05, 0) is 25.1 Å². The number of fused-ring (bicyclic) bond motifs is 1. The molecule has 21 heavy (non-hydrogen) atoms. The Labute approximate surface area is 122 Å². The molecule has 6 nitrogen and oxygen atoms in total. The number of rotatable bonds is 3. The highest BCUT2D eigenvalue weighted by Crippen LogP contribution is 2.25. The monoisotopic (exact) mass is 284 g/mol. The largest absolute Gasteiger partial charge is 0.381 e. The number of anilines is 1. The Bertz CT molecular complexity index is 748. The van der Waals surface area contributed by atoms with Crippen molar-refractivity contribution in [2.24, 2.45) is 7.05 Å². The lowest BCUT2D eigenvalue weighted by Gasteiger charge is -2.07. The average Bonchev–Trinajstić information content (AvgIpc) is 2.91. The molecule has 0 bridgehead atoms. The maximum absolute atomic E-state index is 12.0. The third-order valence-electron chi connectivity index (χ3n) is 3.91. The summed E-state index contributed by atoms with van der Waals surface area (Å²) >= 11 is 0. The Morgan fingerprint density at radius 1 is 1.14 bits per heavy atom. The van der Waals surface area contributed by atoms with Gasteiger partial charge < -0.3 is 5.32 Å². The van der Waals surface area contributed by atoms with Crippen LogP contribution < -0.4 is 5.32 Å². The number of nitrogens with one attached hydrogen (secondary N) is 1. The first-order valence-corrected chi connectivity index (χ1v) is 6.67. The van der Waals surface area contributed by atoms with Gasteiger partial charge in [-0.25, -0.2) is 0 Å². The fourth-order valence-electron chi connectivity index (χ4n) is 2.39. The Hall–Kier alpha value is -2.63. The molecule has 0 saturated heterocycles. The summed E-state index contributed by atoms with van der Waals surface area (Å²) in [5.41, 5.74) is 3.92. The van der Waals surface area contributed by atoms with E-state index in [1.54, 1.807) is 12.1 Å². The van der Waals surface area contributed by atoms with Crippen molar-refractivity contribution in [2.75, 3.05) is 12.4 Å². The molecule has 0 atom stereocenters. The average molecular weight is 284 g/mol. The van der Waals surface area contributed by atoms with E-state index in [9.17, 15) is 9.59 Å². The van der Waals surface area contributed by atoms with E-state index in [2.05, 4.69) is 10.4 Å². The van der Waals surface area contributed by atoms with Crippen molar-refractivity contribution >= 4 is 17.5 Å². The van der Waals surface area contributed by atoms with Gasteiger partial charge in [0, 0.05) is 37.6 Å². The van der Waals surface area contributed by atoms with E-state index in [0.717, 1.165) is 21.8 Å². The van der Waals surface area contributed by atoms with Crippen molar-refractivity contribution in [1.29, 1.82) is 0 Å². The Balaban J connectivity index is 1.81. The molecule has 0 aliphatic carbocycles. The Morgan fingerprint density at radius 3 is 2.52 bits per heavy atom. The molecule has 0 spiro atoms. The number of nitrogens with zero attached hydrogens (tertiary/aromatic N) is 3. The molecule has 2 amide bonds. The highest BCUT2D eigenvalue weighted by molar-refractivity contribution is 6.21. The summed E-state index contributed by atoms with van der Waals surface area (Å²) in [6.07, 6.45) is 1.82. The molecule has 3 rings (SSSR count). The fraction of sp³-hybridized carbons (Fsp3) is 0.267. The van der Waals surface area contributed by atoms with Crippen LogP contribution in [0, 0.1) is 6.92 Å². The van der Waals surface area contributed by atoms with Crippen LogP contribution in [-0.4, -0.2) is 33.5 Å². The summed E-state index contributed by atoms with van der Waals surface area (Å²) in [6.45, 7) is 2.63. The minimum atomic E-state index is -0.254. The molecular formula is C15H16N4O2. The molecular weight excluding hydrogens is 268 g/mol. The second kappa shape index (κ2) is 4.73. The highest BCUT2D eigenvalue weighted by atomic mass is 16.2. The molecule has 1 aromatic carbocycles. The zero-order valence-electron chi connectivity index (χ0n) is 12.2. The van der Waals surface area contributed by atoms with Gasteiger partial charge in [-0.15, -0.1) is 0 Å². The standard InChI is InChI=1S/C15H16N4O2/c1-9-10(8-17-19(9)3)7-16-11-4-5-12-13(6-11)15(21)18(2)14(12)20/h4-6,8,16H,7H2,1-3H3. The van der Waals surface area contributed by atoms with Crippen LogP contribution in [0.4, 0.5) is 5.69 Å².